The summed E-state index contributed by atoms with van der Waals surface area (Å²) in [6.45, 7) is 2.70. The van der Waals surface area contributed by atoms with Crippen LogP contribution >= 0.6 is 0 Å². The van der Waals surface area contributed by atoms with Gasteiger partial charge >= 0.3 is 0 Å². The number of hydrazine groups is 1. The summed E-state index contributed by atoms with van der Waals surface area (Å²) < 4.78 is 40.2. The van der Waals surface area contributed by atoms with Gasteiger partial charge < -0.3 is 15.6 Å². The second-order valence-electron chi connectivity index (χ2n) is 11.3. The standard InChI is InChI=1S/C30H35FN8O3S/c1-3-5-27(40)35-21-11-19(14-32-15-21)25-12-23-26(16-33-25)38-39-29(23)30-36-24-7-4-6-22(28(24)37-30)18-8-17(9-20(31)10-18)13-34-43(2,41)42/h4,6-11,14-15,23,25-26,29,33-34,38-39H,3,5,12-13,16H2,1-2H3,(H,35,40)(H,36,37). The molecule has 0 radical (unpaired) electrons. The zero-order valence-corrected chi connectivity index (χ0v) is 24.8. The van der Waals surface area contributed by atoms with E-state index in [1.807, 2.05) is 37.4 Å². The van der Waals surface area contributed by atoms with Gasteiger partial charge in [0.2, 0.25) is 15.9 Å². The van der Waals surface area contributed by atoms with Crippen LogP contribution in [-0.2, 0) is 21.4 Å². The van der Waals surface area contributed by atoms with Gasteiger partial charge in [0.1, 0.15) is 11.6 Å². The third-order valence-electron chi connectivity index (χ3n) is 8.02. The number of sulfonamides is 1. The number of anilines is 1. The Kier molecular flexibility index (Phi) is 8.25. The van der Waals surface area contributed by atoms with E-state index in [1.54, 1.807) is 12.3 Å². The summed E-state index contributed by atoms with van der Waals surface area (Å²) in [5.74, 6) is 0.504. The second-order valence-corrected chi connectivity index (χ2v) is 13.1. The van der Waals surface area contributed by atoms with Crippen molar-refractivity contribution in [3.05, 3.63) is 77.6 Å². The Balaban J connectivity index is 1.25. The number of benzene rings is 2. The van der Waals surface area contributed by atoms with Crippen LogP contribution < -0.4 is 26.2 Å². The average Bonchev–Trinajstić information content (AvgIpc) is 3.59. The minimum atomic E-state index is -3.42. The number of imidazole rings is 1. The molecule has 6 rings (SSSR count). The van der Waals surface area contributed by atoms with E-state index in [2.05, 4.69) is 36.2 Å². The van der Waals surface area contributed by atoms with Crippen LogP contribution in [0.1, 0.15) is 55.2 Å². The summed E-state index contributed by atoms with van der Waals surface area (Å²) in [6.07, 6.45) is 6.64. The maximum Gasteiger partial charge on any atom is 0.224 e. The Labute approximate surface area is 249 Å². The molecule has 1 amide bonds. The Morgan fingerprint density at radius 1 is 1.14 bits per heavy atom. The van der Waals surface area contributed by atoms with Crippen molar-refractivity contribution in [2.45, 2.75) is 50.9 Å². The third-order valence-corrected chi connectivity index (χ3v) is 8.69. The van der Waals surface area contributed by atoms with Gasteiger partial charge in [0, 0.05) is 49.3 Å². The van der Waals surface area contributed by atoms with Crippen molar-refractivity contribution in [1.29, 1.82) is 0 Å². The Bertz CT molecular complexity index is 1760. The predicted octanol–water partition coefficient (Wildman–Crippen LogP) is 3.42. The SMILES string of the molecule is CCCC(=O)Nc1cncc(C2CC3C(CN2)NNC3c2nc3c(-c4cc(F)cc(CNS(C)(=O)=O)c4)cccc3[nH]2)c1. The number of amides is 1. The number of hydrogen-bond acceptors (Lipinski definition) is 8. The quantitative estimate of drug-likeness (QED) is 0.170. The third kappa shape index (κ3) is 6.60. The molecule has 2 saturated heterocycles. The molecule has 6 N–H and O–H groups in total. The molecule has 2 fully saturated rings. The van der Waals surface area contributed by atoms with Crippen molar-refractivity contribution in [3.8, 4) is 11.1 Å². The number of para-hydroxylation sites is 1. The number of carbonyl (C=O) groups excluding carboxylic acids is 1. The molecule has 43 heavy (non-hydrogen) atoms. The number of rotatable bonds is 9. The van der Waals surface area contributed by atoms with E-state index in [9.17, 15) is 17.6 Å². The number of piperidine rings is 1. The van der Waals surface area contributed by atoms with Gasteiger partial charge in [-0.05, 0) is 59.9 Å². The Morgan fingerprint density at radius 3 is 2.81 bits per heavy atom. The second kappa shape index (κ2) is 12.1. The fraction of sp³-hybridized carbons (Fsp3) is 0.367. The molecule has 4 atom stereocenters. The van der Waals surface area contributed by atoms with E-state index in [-0.39, 0.29) is 36.5 Å². The zero-order chi connectivity index (χ0) is 30.1. The number of hydrogen-bond donors (Lipinski definition) is 6. The molecule has 2 aromatic heterocycles. The number of aromatic nitrogens is 3. The van der Waals surface area contributed by atoms with Crippen LogP contribution in [0.15, 0.2) is 54.9 Å². The molecule has 2 aliphatic heterocycles. The van der Waals surface area contributed by atoms with Gasteiger partial charge in [0.25, 0.3) is 0 Å². The van der Waals surface area contributed by atoms with E-state index in [1.165, 1.54) is 12.1 Å². The lowest BCUT2D eigenvalue weighted by Gasteiger charge is -2.34. The molecule has 0 saturated carbocycles. The first kappa shape index (κ1) is 29.3. The monoisotopic (exact) mass is 606 g/mol. The predicted molar refractivity (Wildman–Crippen MR) is 163 cm³/mol. The molecule has 0 aliphatic carbocycles. The zero-order valence-electron chi connectivity index (χ0n) is 23.9. The number of halogens is 1. The van der Waals surface area contributed by atoms with Gasteiger partial charge in [-0.15, -0.1) is 0 Å². The fourth-order valence-electron chi connectivity index (χ4n) is 6.02. The summed E-state index contributed by atoms with van der Waals surface area (Å²) >= 11 is 0. The van der Waals surface area contributed by atoms with E-state index in [0.717, 1.165) is 48.1 Å². The van der Waals surface area contributed by atoms with E-state index < -0.39 is 15.8 Å². The molecule has 11 nitrogen and oxygen atoms in total. The summed E-state index contributed by atoms with van der Waals surface area (Å²) in [7, 11) is -3.42. The topological polar surface area (TPSA) is 153 Å². The molecule has 2 aromatic carbocycles. The van der Waals surface area contributed by atoms with Crippen LogP contribution in [0.3, 0.4) is 0 Å². The minimum absolute atomic E-state index is 0.00907. The van der Waals surface area contributed by atoms with E-state index in [4.69, 9.17) is 4.98 Å². The lowest BCUT2D eigenvalue weighted by Crippen LogP contribution is -2.46. The molecule has 0 spiro atoms. The molecule has 4 unspecified atom stereocenters. The Hall–Kier alpha value is -3.75. The van der Waals surface area contributed by atoms with Gasteiger partial charge in [-0.25, -0.2) is 27.9 Å². The van der Waals surface area contributed by atoms with Gasteiger partial charge in [0.05, 0.1) is 35.2 Å². The molecule has 13 heteroatoms. The average molecular weight is 607 g/mol. The lowest BCUT2D eigenvalue weighted by molar-refractivity contribution is -0.116. The largest absolute Gasteiger partial charge is 0.341 e. The summed E-state index contributed by atoms with van der Waals surface area (Å²) in [5, 5.41) is 6.54. The number of nitrogens with zero attached hydrogens (tertiary/aromatic N) is 2. The number of pyridine rings is 1. The minimum Gasteiger partial charge on any atom is -0.341 e. The van der Waals surface area contributed by atoms with Gasteiger partial charge in [-0.1, -0.05) is 19.1 Å². The van der Waals surface area contributed by atoms with Crippen molar-refractivity contribution in [2.24, 2.45) is 5.92 Å². The van der Waals surface area contributed by atoms with Crippen LogP contribution in [0, 0.1) is 11.7 Å². The van der Waals surface area contributed by atoms with Crippen LogP contribution in [0.25, 0.3) is 22.2 Å². The first-order valence-corrected chi connectivity index (χ1v) is 16.3. The lowest BCUT2D eigenvalue weighted by atomic mass is 9.82. The van der Waals surface area contributed by atoms with Crippen molar-refractivity contribution in [3.63, 3.8) is 0 Å². The van der Waals surface area contributed by atoms with Crippen LogP contribution in [0.5, 0.6) is 0 Å². The fourth-order valence-corrected chi connectivity index (χ4v) is 6.45. The van der Waals surface area contributed by atoms with Crippen molar-refractivity contribution < 1.29 is 17.6 Å². The molecule has 2 aliphatic rings. The molecule has 0 bridgehead atoms. The highest BCUT2D eigenvalue weighted by atomic mass is 32.2. The summed E-state index contributed by atoms with van der Waals surface area (Å²) in [5.41, 5.74) is 12.0. The summed E-state index contributed by atoms with van der Waals surface area (Å²) in [4.78, 5) is 25.0. The van der Waals surface area contributed by atoms with Crippen LogP contribution in [0.2, 0.25) is 0 Å². The van der Waals surface area contributed by atoms with Gasteiger partial charge in [0.15, 0.2) is 0 Å². The van der Waals surface area contributed by atoms with Crippen molar-refractivity contribution >= 4 is 32.7 Å². The van der Waals surface area contributed by atoms with Crippen molar-refractivity contribution in [1.82, 2.24) is 35.8 Å². The summed E-state index contributed by atoms with van der Waals surface area (Å²) in [6, 6.07) is 12.4. The Morgan fingerprint density at radius 2 is 2.00 bits per heavy atom. The highest BCUT2D eigenvalue weighted by Gasteiger charge is 2.42. The molecular weight excluding hydrogens is 571 g/mol. The van der Waals surface area contributed by atoms with Crippen LogP contribution in [-0.4, -0.2) is 48.1 Å². The van der Waals surface area contributed by atoms with E-state index >= 15 is 0 Å². The van der Waals surface area contributed by atoms with E-state index in [0.29, 0.717) is 28.8 Å². The van der Waals surface area contributed by atoms with Crippen molar-refractivity contribution in [2.75, 3.05) is 18.1 Å². The highest BCUT2D eigenvalue weighted by molar-refractivity contribution is 7.88. The number of H-pyrrole nitrogens is 1. The highest BCUT2D eigenvalue weighted by Crippen LogP contribution is 2.39. The number of nitrogens with one attached hydrogen (secondary N) is 6. The normalized spacial score (nSPS) is 22.0. The first-order chi connectivity index (χ1) is 20.7. The van der Waals surface area contributed by atoms with Gasteiger partial charge in [-0.3, -0.25) is 15.2 Å². The maximum absolute atomic E-state index is 14.6. The first-order valence-electron chi connectivity index (χ1n) is 14.4. The molecule has 4 aromatic rings. The molecule has 226 valence electrons. The number of carbonyl (C=O) groups is 1. The van der Waals surface area contributed by atoms with Gasteiger partial charge in [-0.2, -0.15) is 0 Å². The molecule has 4 heterocycles. The maximum atomic E-state index is 14.6. The molecular formula is C30H35FN8O3S. The number of aromatic amines is 1. The number of fused-ring (bicyclic) bond motifs is 2. The smallest absolute Gasteiger partial charge is 0.224 e. The van der Waals surface area contributed by atoms with Crippen LogP contribution in [0.4, 0.5) is 10.1 Å².